The standard InChI is InChI=1S/C27H36N2O.C2H2O4/c30-27-26(11-6-18-28-27)21-29-19-16-23(17-20-29)13-15-25-10-5-4-9-24(25)14-12-22-7-2-1-3-8-22;3-1(4)2(5)6/h4-6,9-11,13,15,18,22-23H,1-3,7-8,12,14,16-17,19-21H2,(H,28,30);(H,3,4)(H,5,6)/b15-13+;. The Kier molecular flexibility index (Phi) is 11.0. The third-order valence-corrected chi connectivity index (χ3v) is 7.26. The highest BCUT2D eigenvalue weighted by Gasteiger charge is 2.18. The Bertz CT molecular complexity index is 1050. The molecule has 0 atom stereocenters. The average Bonchev–Trinajstić information content (AvgIpc) is 2.90. The van der Waals surface area contributed by atoms with Crippen LogP contribution in [0.5, 0.6) is 0 Å². The fourth-order valence-electron chi connectivity index (χ4n) is 5.13. The molecule has 2 aromatic rings. The number of carbonyl (C=O) groups is 2. The molecule has 1 saturated carbocycles. The first kappa shape index (κ1) is 27.4. The summed E-state index contributed by atoms with van der Waals surface area (Å²) in [7, 11) is 0. The molecule has 2 heterocycles. The van der Waals surface area contributed by atoms with Gasteiger partial charge in [0.1, 0.15) is 0 Å². The van der Waals surface area contributed by atoms with Crippen LogP contribution in [0.3, 0.4) is 0 Å². The Hall–Kier alpha value is -3.19. The number of carboxylic acid groups (broad SMARTS) is 2. The summed E-state index contributed by atoms with van der Waals surface area (Å²) in [6, 6.07) is 12.8. The number of rotatable bonds is 7. The second-order valence-electron chi connectivity index (χ2n) is 9.85. The monoisotopic (exact) mass is 494 g/mol. The lowest BCUT2D eigenvalue weighted by atomic mass is 9.84. The number of aliphatic carboxylic acids is 2. The predicted octanol–water partition coefficient (Wildman–Crippen LogP) is 4.97. The molecule has 1 saturated heterocycles. The number of likely N-dealkylation sites (tertiary alicyclic amines) is 1. The van der Waals surface area contributed by atoms with Crippen molar-refractivity contribution in [3.63, 3.8) is 0 Å². The van der Waals surface area contributed by atoms with Crippen LogP contribution in [0.25, 0.3) is 6.08 Å². The molecule has 3 N–H and O–H groups in total. The first-order valence-corrected chi connectivity index (χ1v) is 13.0. The molecule has 36 heavy (non-hydrogen) atoms. The quantitative estimate of drug-likeness (QED) is 0.469. The molecular formula is C29H38N2O5. The van der Waals surface area contributed by atoms with Gasteiger partial charge in [0.15, 0.2) is 0 Å². The molecule has 4 rings (SSSR count). The van der Waals surface area contributed by atoms with Crippen molar-refractivity contribution >= 4 is 18.0 Å². The van der Waals surface area contributed by atoms with E-state index in [1.54, 1.807) is 6.20 Å². The van der Waals surface area contributed by atoms with Crippen LogP contribution in [0.4, 0.5) is 0 Å². The highest BCUT2D eigenvalue weighted by atomic mass is 16.4. The van der Waals surface area contributed by atoms with Gasteiger partial charge in [0.05, 0.1) is 0 Å². The third kappa shape index (κ3) is 9.11. The third-order valence-electron chi connectivity index (χ3n) is 7.26. The number of allylic oxidation sites excluding steroid dienone is 1. The Balaban J connectivity index is 0.000000538. The van der Waals surface area contributed by atoms with Crippen molar-refractivity contribution in [3.8, 4) is 0 Å². The van der Waals surface area contributed by atoms with Gasteiger partial charge in [0.25, 0.3) is 5.56 Å². The van der Waals surface area contributed by atoms with Gasteiger partial charge in [0.2, 0.25) is 0 Å². The number of nitrogens with one attached hydrogen (secondary N) is 1. The molecule has 194 valence electrons. The Morgan fingerprint density at radius 3 is 2.25 bits per heavy atom. The molecule has 0 unspecified atom stereocenters. The number of nitrogens with zero attached hydrogens (tertiary/aromatic N) is 1. The van der Waals surface area contributed by atoms with E-state index in [1.807, 2.05) is 12.1 Å². The van der Waals surface area contributed by atoms with E-state index in [0.29, 0.717) is 5.92 Å². The van der Waals surface area contributed by atoms with Crippen molar-refractivity contribution in [1.29, 1.82) is 0 Å². The van der Waals surface area contributed by atoms with Crippen LogP contribution < -0.4 is 5.56 Å². The molecule has 1 aromatic heterocycles. The fraction of sp³-hybridized carbons (Fsp3) is 0.483. The number of aryl methyl sites for hydroxylation is 1. The SMILES string of the molecule is O=C(O)C(=O)O.O=c1[nH]cccc1CN1CCC(/C=C/c2ccccc2CCC2CCCCC2)CC1. The van der Waals surface area contributed by atoms with Crippen LogP contribution in [0, 0.1) is 11.8 Å². The van der Waals surface area contributed by atoms with E-state index in [4.69, 9.17) is 19.8 Å². The number of pyridine rings is 1. The topological polar surface area (TPSA) is 111 Å². The van der Waals surface area contributed by atoms with Crippen LogP contribution >= 0.6 is 0 Å². The summed E-state index contributed by atoms with van der Waals surface area (Å²) in [4.78, 5) is 35.3. The van der Waals surface area contributed by atoms with Crippen LogP contribution in [-0.4, -0.2) is 45.1 Å². The maximum atomic E-state index is 11.9. The second kappa shape index (κ2) is 14.4. The number of aromatic nitrogens is 1. The lowest BCUT2D eigenvalue weighted by Gasteiger charge is -2.30. The zero-order chi connectivity index (χ0) is 25.8. The number of piperidine rings is 1. The molecule has 7 nitrogen and oxygen atoms in total. The van der Waals surface area contributed by atoms with E-state index >= 15 is 0 Å². The van der Waals surface area contributed by atoms with E-state index in [0.717, 1.165) is 31.1 Å². The van der Waals surface area contributed by atoms with E-state index < -0.39 is 11.9 Å². The largest absolute Gasteiger partial charge is 0.473 e. The van der Waals surface area contributed by atoms with Crippen molar-refractivity contribution in [2.45, 2.75) is 64.3 Å². The molecule has 7 heteroatoms. The van der Waals surface area contributed by atoms with Gasteiger partial charge >= 0.3 is 11.9 Å². The summed E-state index contributed by atoms with van der Waals surface area (Å²) < 4.78 is 0. The summed E-state index contributed by atoms with van der Waals surface area (Å²) in [5, 5.41) is 14.8. The average molecular weight is 495 g/mol. The second-order valence-corrected chi connectivity index (χ2v) is 9.85. The summed E-state index contributed by atoms with van der Waals surface area (Å²) in [5.41, 5.74) is 3.84. The maximum Gasteiger partial charge on any atom is 0.414 e. The van der Waals surface area contributed by atoms with E-state index in [1.165, 1.54) is 68.9 Å². The molecule has 0 amide bonds. The van der Waals surface area contributed by atoms with Gasteiger partial charge in [-0.05, 0) is 67.8 Å². The first-order valence-electron chi connectivity index (χ1n) is 13.0. The number of aromatic amines is 1. The minimum absolute atomic E-state index is 0.0457. The molecule has 1 aliphatic heterocycles. The van der Waals surface area contributed by atoms with Gasteiger partial charge < -0.3 is 15.2 Å². The Labute approximate surface area is 212 Å². The lowest BCUT2D eigenvalue weighted by Crippen LogP contribution is -2.34. The van der Waals surface area contributed by atoms with Crippen molar-refractivity contribution in [1.82, 2.24) is 9.88 Å². The van der Waals surface area contributed by atoms with Crippen LogP contribution in [-0.2, 0) is 22.6 Å². The van der Waals surface area contributed by atoms with Crippen molar-refractivity contribution in [3.05, 3.63) is 75.7 Å². The summed E-state index contributed by atoms with van der Waals surface area (Å²) in [6.07, 6.45) is 18.6. The molecule has 2 aliphatic rings. The number of hydrogen-bond donors (Lipinski definition) is 3. The van der Waals surface area contributed by atoms with Crippen molar-refractivity contribution in [2.24, 2.45) is 11.8 Å². The van der Waals surface area contributed by atoms with Crippen molar-refractivity contribution in [2.75, 3.05) is 13.1 Å². The molecule has 0 radical (unpaired) electrons. The molecule has 0 bridgehead atoms. The lowest BCUT2D eigenvalue weighted by molar-refractivity contribution is -0.159. The number of hydrogen-bond acceptors (Lipinski definition) is 4. The number of carboxylic acids is 2. The van der Waals surface area contributed by atoms with Crippen LogP contribution in [0.15, 0.2) is 53.5 Å². The van der Waals surface area contributed by atoms with Gasteiger partial charge in [-0.3, -0.25) is 9.69 Å². The fourth-order valence-corrected chi connectivity index (χ4v) is 5.13. The van der Waals surface area contributed by atoms with Crippen molar-refractivity contribution < 1.29 is 19.8 Å². The normalized spacial score (nSPS) is 17.4. The highest BCUT2D eigenvalue weighted by molar-refractivity contribution is 6.27. The zero-order valence-electron chi connectivity index (χ0n) is 20.9. The first-order chi connectivity index (χ1) is 17.4. The summed E-state index contributed by atoms with van der Waals surface area (Å²) in [6.45, 7) is 2.88. The molecule has 1 aliphatic carbocycles. The summed E-state index contributed by atoms with van der Waals surface area (Å²) >= 11 is 0. The van der Waals surface area contributed by atoms with E-state index in [2.05, 4.69) is 46.3 Å². The van der Waals surface area contributed by atoms with Crippen LogP contribution in [0.2, 0.25) is 0 Å². The molecule has 1 aromatic carbocycles. The van der Waals surface area contributed by atoms with Gasteiger partial charge in [0, 0.05) is 18.3 Å². The summed E-state index contributed by atoms with van der Waals surface area (Å²) in [5.74, 6) is -2.07. The maximum absolute atomic E-state index is 11.9. The molecule has 2 fully saturated rings. The smallest absolute Gasteiger partial charge is 0.414 e. The number of H-pyrrole nitrogens is 1. The van der Waals surface area contributed by atoms with Crippen LogP contribution in [0.1, 0.15) is 68.1 Å². The Morgan fingerprint density at radius 1 is 0.917 bits per heavy atom. The minimum Gasteiger partial charge on any atom is -0.473 e. The van der Waals surface area contributed by atoms with E-state index in [-0.39, 0.29) is 5.56 Å². The Morgan fingerprint density at radius 2 is 1.58 bits per heavy atom. The molecule has 0 spiro atoms. The van der Waals surface area contributed by atoms with Gasteiger partial charge in [-0.1, -0.05) is 74.6 Å². The van der Waals surface area contributed by atoms with E-state index in [9.17, 15) is 4.79 Å². The highest BCUT2D eigenvalue weighted by Crippen LogP contribution is 2.28. The van der Waals surface area contributed by atoms with Gasteiger partial charge in [-0.2, -0.15) is 0 Å². The molecular weight excluding hydrogens is 456 g/mol. The zero-order valence-corrected chi connectivity index (χ0v) is 20.9. The minimum atomic E-state index is -1.82. The van der Waals surface area contributed by atoms with Gasteiger partial charge in [-0.25, -0.2) is 9.59 Å². The number of benzene rings is 1. The predicted molar refractivity (Wildman–Crippen MR) is 141 cm³/mol. The van der Waals surface area contributed by atoms with Gasteiger partial charge in [-0.15, -0.1) is 0 Å².